The minimum atomic E-state index is -0.321. The van der Waals surface area contributed by atoms with Crippen LogP contribution in [0.5, 0.6) is 0 Å². The zero-order valence-corrected chi connectivity index (χ0v) is 16.9. The number of halogens is 1. The molecule has 4 aromatic rings. The summed E-state index contributed by atoms with van der Waals surface area (Å²) in [5.74, 6) is 0.189. The molecule has 2 aromatic carbocycles. The van der Waals surface area contributed by atoms with Gasteiger partial charge in [0, 0.05) is 11.3 Å². The van der Waals surface area contributed by atoms with Gasteiger partial charge in [0.25, 0.3) is 5.56 Å². The summed E-state index contributed by atoms with van der Waals surface area (Å²) in [6.07, 6.45) is 0.214. The first-order valence-electron chi connectivity index (χ1n) is 9.19. The van der Waals surface area contributed by atoms with E-state index in [1.54, 1.807) is 41.0 Å². The Morgan fingerprint density at radius 1 is 1.17 bits per heavy atom. The Kier molecular flexibility index (Phi) is 4.99. The van der Waals surface area contributed by atoms with Crippen LogP contribution < -0.4 is 5.56 Å². The zero-order chi connectivity index (χ0) is 20.5. The lowest BCUT2D eigenvalue weighted by molar-refractivity contribution is 0.606. The summed E-state index contributed by atoms with van der Waals surface area (Å²) in [5, 5.41) is 9.78. The Labute approximate surface area is 171 Å². The molecular formula is C23H18FN3OS. The van der Waals surface area contributed by atoms with E-state index in [0.29, 0.717) is 27.2 Å². The monoisotopic (exact) mass is 403 g/mol. The molecule has 0 spiro atoms. The van der Waals surface area contributed by atoms with Crippen molar-refractivity contribution in [3.05, 3.63) is 97.7 Å². The summed E-state index contributed by atoms with van der Waals surface area (Å²) in [5.41, 5.74) is 2.64. The van der Waals surface area contributed by atoms with Crippen molar-refractivity contribution in [1.82, 2.24) is 9.55 Å². The molecule has 144 valence electrons. The smallest absolute Gasteiger partial charge is 0.262 e. The Morgan fingerprint density at radius 2 is 1.97 bits per heavy atom. The number of hydrogen-bond donors (Lipinski definition) is 0. The number of hydrogen-bond acceptors (Lipinski definition) is 4. The van der Waals surface area contributed by atoms with Crippen LogP contribution in [-0.4, -0.2) is 9.55 Å². The first kappa shape index (κ1) is 19.0. The van der Waals surface area contributed by atoms with Crippen molar-refractivity contribution < 1.29 is 4.39 Å². The van der Waals surface area contributed by atoms with Crippen molar-refractivity contribution in [1.29, 1.82) is 5.26 Å². The highest BCUT2D eigenvalue weighted by atomic mass is 32.1. The molecule has 4 rings (SSSR count). The van der Waals surface area contributed by atoms with Gasteiger partial charge in [0.2, 0.25) is 0 Å². The van der Waals surface area contributed by atoms with Gasteiger partial charge in [-0.3, -0.25) is 9.36 Å². The molecular weight excluding hydrogens is 385 g/mol. The molecule has 4 nitrogen and oxygen atoms in total. The number of nitriles is 1. The Morgan fingerprint density at radius 3 is 2.72 bits per heavy atom. The van der Waals surface area contributed by atoms with Crippen LogP contribution in [0.25, 0.3) is 10.2 Å². The van der Waals surface area contributed by atoms with E-state index in [0.717, 1.165) is 16.0 Å². The average Bonchev–Trinajstić information content (AvgIpc) is 3.00. The molecule has 0 fully saturated rings. The molecule has 2 heterocycles. The van der Waals surface area contributed by atoms with E-state index in [9.17, 15) is 14.4 Å². The summed E-state index contributed by atoms with van der Waals surface area (Å²) < 4.78 is 15.9. The SMILES string of the molecule is Cc1sc2nc(Cc3ccccc3F)n(Cc3cccc(C#N)c3)c(=O)c2c1C. The highest BCUT2D eigenvalue weighted by Crippen LogP contribution is 2.27. The first-order valence-corrected chi connectivity index (χ1v) is 10.0. The van der Waals surface area contributed by atoms with Crippen molar-refractivity contribution in [2.24, 2.45) is 0 Å². The second-order valence-corrected chi connectivity index (χ2v) is 8.17. The van der Waals surface area contributed by atoms with Crippen LogP contribution in [0.1, 0.15) is 33.0 Å². The standard InChI is InChI=1S/C23H18FN3OS/c1-14-15(2)29-22-21(14)23(28)27(13-17-7-5-6-16(10-17)12-25)20(26-22)11-18-8-3-4-9-19(18)24/h3-10H,11,13H2,1-2H3. The van der Waals surface area contributed by atoms with Crippen LogP contribution in [0.3, 0.4) is 0 Å². The number of aryl methyl sites for hydroxylation is 2. The van der Waals surface area contributed by atoms with Crippen molar-refractivity contribution >= 4 is 21.6 Å². The molecule has 0 atom stereocenters. The molecule has 0 aliphatic heterocycles. The number of fused-ring (bicyclic) bond motifs is 1. The summed E-state index contributed by atoms with van der Waals surface area (Å²) in [6.45, 7) is 4.17. The average molecular weight is 403 g/mol. The van der Waals surface area contributed by atoms with Crippen molar-refractivity contribution in [3.63, 3.8) is 0 Å². The molecule has 0 unspecified atom stereocenters. The maximum Gasteiger partial charge on any atom is 0.262 e. The van der Waals surface area contributed by atoms with E-state index >= 15 is 0 Å². The molecule has 0 amide bonds. The lowest BCUT2D eigenvalue weighted by Crippen LogP contribution is -2.26. The van der Waals surface area contributed by atoms with Gasteiger partial charge in [0.15, 0.2) is 0 Å². The van der Waals surface area contributed by atoms with Gasteiger partial charge < -0.3 is 0 Å². The van der Waals surface area contributed by atoms with Gasteiger partial charge in [-0.2, -0.15) is 5.26 Å². The summed E-state index contributed by atoms with van der Waals surface area (Å²) in [7, 11) is 0. The van der Waals surface area contributed by atoms with E-state index in [1.807, 2.05) is 19.9 Å². The number of rotatable bonds is 4. The minimum absolute atomic E-state index is 0.134. The normalized spacial score (nSPS) is 11.0. The van der Waals surface area contributed by atoms with Crippen molar-refractivity contribution in [2.45, 2.75) is 26.8 Å². The first-order chi connectivity index (χ1) is 14.0. The number of aromatic nitrogens is 2. The fraction of sp³-hybridized carbons (Fsp3) is 0.174. The molecule has 0 saturated heterocycles. The summed E-state index contributed by atoms with van der Waals surface area (Å²) >= 11 is 1.48. The van der Waals surface area contributed by atoms with Gasteiger partial charge in [-0.15, -0.1) is 11.3 Å². The molecule has 0 aliphatic carbocycles. The van der Waals surface area contributed by atoms with Crippen molar-refractivity contribution in [3.8, 4) is 6.07 Å². The third-order valence-corrected chi connectivity index (χ3v) is 6.17. The Bertz CT molecular complexity index is 1330. The number of benzene rings is 2. The maximum absolute atomic E-state index is 14.3. The molecule has 29 heavy (non-hydrogen) atoms. The topological polar surface area (TPSA) is 58.7 Å². The van der Waals surface area contributed by atoms with Crippen LogP contribution in [0.2, 0.25) is 0 Å². The van der Waals surface area contributed by atoms with E-state index in [2.05, 4.69) is 6.07 Å². The van der Waals surface area contributed by atoms with Gasteiger partial charge in [-0.25, -0.2) is 9.37 Å². The van der Waals surface area contributed by atoms with Gasteiger partial charge in [0.05, 0.1) is 23.6 Å². The number of nitrogens with zero attached hydrogens (tertiary/aromatic N) is 3. The van der Waals surface area contributed by atoms with Crippen LogP contribution in [0.15, 0.2) is 53.3 Å². The van der Waals surface area contributed by atoms with Gasteiger partial charge in [-0.05, 0) is 48.7 Å². The fourth-order valence-electron chi connectivity index (χ4n) is 3.40. The molecule has 0 saturated carbocycles. The van der Waals surface area contributed by atoms with Crippen LogP contribution in [-0.2, 0) is 13.0 Å². The maximum atomic E-state index is 14.3. The van der Waals surface area contributed by atoms with Gasteiger partial charge >= 0.3 is 0 Å². The van der Waals surface area contributed by atoms with E-state index in [1.165, 1.54) is 17.4 Å². The Balaban J connectivity index is 1.90. The van der Waals surface area contributed by atoms with Gasteiger partial charge in [0.1, 0.15) is 16.5 Å². The lowest BCUT2D eigenvalue weighted by Gasteiger charge is -2.13. The van der Waals surface area contributed by atoms with Gasteiger partial charge in [-0.1, -0.05) is 30.3 Å². The lowest BCUT2D eigenvalue weighted by atomic mass is 10.1. The predicted octanol–water partition coefficient (Wildman–Crippen LogP) is 4.72. The van der Waals surface area contributed by atoms with Crippen LogP contribution >= 0.6 is 11.3 Å². The number of thiophene rings is 1. The molecule has 0 radical (unpaired) electrons. The highest BCUT2D eigenvalue weighted by molar-refractivity contribution is 7.18. The molecule has 6 heteroatoms. The Hall–Kier alpha value is -3.30. The molecule has 2 aromatic heterocycles. The van der Waals surface area contributed by atoms with Crippen molar-refractivity contribution in [2.75, 3.05) is 0 Å². The second-order valence-electron chi connectivity index (χ2n) is 6.96. The largest absolute Gasteiger partial charge is 0.291 e. The van der Waals surface area contributed by atoms with E-state index in [-0.39, 0.29) is 24.3 Å². The molecule has 0 N–H and O–H groups in total. The predicted molar refractivity (Wildman–Crippen MR) is 113 cm³/mol. The minimum Gasteiger partial charge on any atom is -0.291 e. The summed E-state index contributed by atoms with van der Waals surface area (Å²) in [4.78, 5) is 19.9. The van der Waals surface area contributed by atoms with E-state index < -0.39 is 0 Å². The quantitative estimate of drug-likeness (QED) is 0.495. The highest BCUT2D eigenvalue weighted by Gasteiger charge is 2.18. The zero-order valence-electron chi connectivity index (χ0n) is 16.1. The van der Waals surface area contributed by atoms with Crippen LogP contribution in [0, 0.1) is 31.0 Å². The molecule has 0 aliphatic rings. The third-order valence-electron chi connectivity index (χ3n) is 5.07. The second kappa shape index (κ2) is 7.61. The summed E-state index contributed by atoms with van der Waals surface area (Å²) in [6, 6.07) is 15.8. The van der Waals surface area contributed by atoms with E-state index in [4.69, 9.17) is 4.98 Å². The van der Waals surface area contributed by atoms with Crippen LogP contribution in [0.4, 0.5) is 4.39 Å². The molecule has 0 bridgehead atoms. The fourth-order valence-corrected chi connectivity index (χ4v) is 4.44. The third kappa shape index (κ3) is 3.57.